The summed E-state index contributed by atoms with van der Waals surface area (Å²) < 4.78 is 23.4. The third-order valence-electron chi connectivity index (χ3n) is 3.23. The lowest BCUT2D eigenvalue weighted by molar-refractivity contribution is -0.385. The van der Waals surface area contributed by atoms with E-state index in [1.165, 1.54) is 24.3 Å². The van der Waals surface area contributed by atoms with Gasteiger partial charge in [-0.2, -0.15) is 0 Å². The monoisotopic (exact) mass is 347 g/mol. The number of non-ortho nitro benzene ring substituents is 1. The predicted octanol–water partition coefficient (Wildman–Crippen LogP) is 3.27. The van der Waals surface area contributed by atoms with Crippen molar-refractivity contribution in [1.29, 1.82) is 0 Å². The number of carbonyl (C=O) groups is 2. The van der Waals surface area contributed by atoms with Crippen molar-refractivity contribution in [1.82, 2.24) is 0 Å². The Bertz CT molecular complexity index is 803. The second-order valence-corrected chi connectivity index (χ2v) is 4.91. The van der Waals surface area contributed by atoms with E-state index in [1.54, 1.807) is 6.92 Å². The number of rotatable bonds is 6. The maximum Gasteiger partial charge on any atom is 0.338 e. The number of nitro groups is 1. The fourth-order valence-corrected chi connectivity index (χ4v) is 1.97. The van der Waals surface area contributed by atoms with E-state index in [9.17, 15) is 24.1 Å². The van der Waals surface area contributed by atoms with Gasteiger partial charge in [-0.05, 0) is 37.3 Å². The Morgan fingerprint density at radius 1 is 1.04 bits per heavy atom. The molecule has 0 bridgehead atoms. The molecule has 130 valence electrons. The molecule has 2 aromatic carbocycles. The highest BCUT2D eigenvalue weighted by Gasteiger charge is 2.14. The van der Waals surface area contributed by atoms with Gasteiger partial charge in [-0.3, -0.25) is 10.1 Å². The first-order chi connectivity index (χ1) is 11.9. The molecule has 0 aromatic heterocycles. The molecule has 7 nitrogen and oxygen atoms in total. The van der Waals surface area contributed by atoms with Gasteiger partial charge in [-0.25, -0.2) is 14.0 Å². The van der Waals surface area contributed by atoms with Crippen molar-refractivity contribution in [3.05, 3.63) is 75.1 Å². The fraction of sp³-hybridized carbons (Fsp3) is 0.176. The second kappa shape index (κ2) is 8.00. The van der Waals surface area contributed by atoms with Crippen molar-refractivity contribution in [2.24, 2.45) is 0 Å². The minimum atomic E-state index is -0.749. The molecule has 0 amide bonds. The van der Waals surface area contributed by atoms with Crippen LogP contribution in [0.5, 0.6) is 0 Å². The molecule has 0 fully saturated rings. The van der Waals surface area contributed by atoms with Gasteiger partial charge in [0.2, 0.25) is 0 Å². The maximum absolute atomic E-state index is 13.6. The first-order valence-corrected chi connectivity index (χ1v) is 7.29. The van der Waals surface area contributed by atoms with Gasteiger partial charge in [0, 0.05) is 17.7 Å². The molecule has 0 atom stereocenters. The Morgan fingerprint density at radius 2 is 1.60 bits per heavy atom. The van der Waals surface area contributed by atoms with Gasteiger partial charge < -0.3 is 9.47 Å². The third kappa shape index (κ3) is 4.60. The summed E-state index contributed by atoms with van der Waals surface area (Å²) in [6.45, 7) is 1.46. The molecule has 2 aromatic rings. The lowest BCUT2D eigenvalue weighted by atomic mass is 10.1. The van der Waals surface area contributed by atoms with Crippen LogP contribution in [0.3, 0.4) is 0 Å². The number of carbonyl (C=O) groups excluding carboxylic acids is 2. The van der Waals surface area contributed by atoms with Gasteiger partial charge in [-0.1, -0.05) is 0 Å². The molecular weight excluding hydrogens is 333 g/mol. The molecule has 0 saturated heterocycles. The average Bonchev–Trinajstić information content (AvgIpc) is 2.61. The van der Waals surface area contributed by atoms with Gasteiger partial charge in [0.15, 0.2) is 0 Å². The molecule has 0 unspecified atom stereocenters. The first kappa shape index (κ1) is 18.1. The molecular formula is C17H14FNO6. The summed E-state index contributed by atoms with van der Waals surface area (Å²) in [5.74, 6) is -1.97. The van der Waals surface area contributed by atoms with E-state index in [0.29, 0.717) is 0 Å². The van der Waals surface area contributed by atoms with Crippen molar-refractivity contribution in [3.8, 4) is 0 Å². The van der Waals surface area contributed by atoms with Crippen molar-refractivity contribution in [2.45, 2.75) is 13.5 Å². The number of nitro benzene ring substituents is 1. The van der Waals surface area contributed by atoms with Gasteiger partial charge in [-0.15, -0.1) is 0 Å². The van der Waals surface area contributed by atoms with Crippen LogP contribution in [0.15, 0.2) is 42.5 Å². The predicted molar refractivity (Wildman–Crippen MR) is 84.6 cm³/mol. The molecule has 0 aliphatic carbocycles. The van der Waals surface area contributed by atoms with Crippen LogP contribution in [0.4, 0.5) is 10.1 Å². The molecule has 0 heterocycles. The van der Waals surface area contributed by atoms with Crippen LogP contribution in [-0.4, -0.2) is 23.5 Å². The third-order valence-corrected chi connectivity index (χ3v) is 3.23. The van der Waals surface area contributed by atoms with E-state index in [4.69, 9.17) is 9.47 Å². The van der Waals surface area contributed by atoms with Crippen LogP contribution in [0.1, 0.15) is 33.2 Å². The highest BCUT2D eigenvalue weighted by Crippen LogP contribution is 2.18. The minimum absolute atomic E-state index is 0.106. The molecule has 0 radical (unpaired) electrons. The molecule has 2 rings (SSSR count). The molecule has 0 spiro atoms. The first-order valence-electron chi connectivity index (χ1n) is 7.29. The smallest absolute Gasteiger partial charge is 0.338 e. The normalized spacial score (nSPS) is 10.2. The summed E-state index contributed by atoms with van der Waals surface area (Å²) >= 11 is 0. The topological polar surface area (TPSA) is 95.7 Å². The quantitative estimate of drug-likeness (QED) is 0.452. The minimum Gasteiger partial charge on any atom is -0.462 e. The Kier molecular flexibility index (Phi) is 5.78. The summed E-state index contributed by atoms with van der Waals surface area (Å²) in [4.78, 5) is 33.5. The van der Waals surface area contributed by atoms with Crippen molar-refractivity contribution < 1.29 is 28.4 Å². The highest BCUT2D eigenvalue weighted by atomic mass is 19.1. The van der Waals surface area contributed by atoms with E-state index < -0.39 is 29.3 Å². The zero-order valence-electron chi connectivity index (χ0n) is 13.2. The Hall–Kier alpha value is -3.29. The summed E-state index contributed by atoms with van der Waals surface area (Å²) in [7, 11) is 0. The van der Waals surface area contributed by atoms with Crippen LogP contribution in [0.2, 0.25) is 0 Å². The summed E-state index contributed by atoms with van der Waals surface area (Å²) in [5.41, 5.74) is 0.0268. The standard InChI is InChI=1S/C17H14FNO6/c1-2-24-16(20)11-3-5-12(6-4-11)17(21)25-10-13-9-14(19(22)23)7-8-15(13)18/h3-9H,2,10H2,1H3. The van der Waals surface area contributed by atoms with E-state index >= 15 is 0 Å². The van der Waals surface area contributed by atoms with Crippen LogP contribution < -0.4 is 0 Å². The van der Waals surface area contributed by atoms with Gasteiger partial charge in [0.1, 0.15) is 12.4 Å². The number of hydrogen-bond donors (Lipinski definition) is 0. The van der Waals surface area contributed by atoms with Crippen LogP contribution in [0, 0.1) is 15.9 Å². The van der Waals surface area contributed by atoms with Crippen LogP contribution in [0.25, 0.3) is 0 Å². The number of halogens is 1. The largest absolute Gasteiger partial charge is 0.462 e. The SMILES string of the molecule is CCOC(=O)c1ccc(C(=O)OCc2cc([N+](=O)[O-])ccc2F)cc1. The summed E-state index contributed by atoms with van der Waals surface area (Å²) in [6.07, 6.45) is 0. The van der Waals surface area contributed by atoms with Crippen molar-refractivity contribution >= 4 is 17.6 Å². The van der Waals surface area contributed by atoms with E-state index in [-0.39, 0.29) is 29.0 Å². The average molecular weight is 347 g/mol. The van der Waals surface area contributed by atoms with E-state index in [1.807, 2.05) is 0 Å². The zero-order chi connectivity index (χ0) is 18.4. The Balaban J connectivity index is 2.04. The highest BCUT2D eigenvalue weighted by molar-refractivity contribution is 5.93. The lowest BCUT2D eigenvalue weighted by Gasteiger charge is -2.07. The van der Waals surface area contributed by atoms with Crippen LogP contribution >= 0.6 is 0 Å². The van der Waals surface area contributed by atoms with E-state index in [2.05, 4.69) is 0 Å². The fourth-order valence-electron chi connectivity index (χ4n) is 1.97. The van der Waals surface area contributed by atoms with Gasteiger partial charge in [0.25, 0.3) is 5.69 Å². The Morgan fingerprint density at radius 3 is 2.12 bits per heavy atom. The number of hydrogen-bond acceptors (Lipinski definition) is 6. The van der Waals surface area contributed by atoms with Crippen LogP contribution in [-0.2, 0) is 16.1 Å². The number of benzene rings is 2. The number of ether oxygens (including phenoxy) is 2. The second-order valence-electron chi connectivity index (χ2n) is 4.91. The van der Waals surface area contributed by atoms with Gasteiger partial charge in [0.05, 0.1) is 22.7 Å². The summed E-state index contributed by atoms with van der Waals surface area (Å²) in [5, 5.41) is 10.7. The molecule has 8 heteroatoms. The molecule has 0 saturated carbocycles. The molecule has 25 heavy (non-hydrogen) atoms. The molecule has 0 aliphatic heterocycles. The zero-order valence-corrected chi connectivity index (χ0v) is 13.2. The molecule has 0 N–H and O–H groups in total. The Labute approximate surface area is 142 Å². The number of nitrogens with zero attached hydrogens (tertiary/aromatic N) is 1. The van der Waals surface area contributed by atoms with Crippen molar-refractivity contribution in [2.75, 3.05) is 6.61 Å². The number of esters is 2. The maximum atomic E-state index is 13.6. The lowest BCUT2D eigenvalue weighted by Crippen LogP contribution is -2.08. The molecule has 0 aliphatic rings. The summed E-state index contributed by atoms with van der Waals surface area (Å²) in [6, 6.07) is 8.53. The van der Waals surface area contributed by atoms with Gasteiger partial charge >= 0.3 is 11.9 Å². The van der Waals surface area contributed by atoms with E-state index in [0.717, 1.165) is 18.2 Å². The van der Waals surface area contributed by atoms with Crippen molar-refractivity contribution in [3.63, 3.8) is 0 Å².